The largest absolute Gasteiger partial charge is 0.343 e. The van der Waals surface area contributed by atoms with E-state index in [0.29, 0.717) is 24.4 Å². The second kappa shape index (κ2) is 12.4. The van der Waals surface area contributed by atoms with Gasteiger partial charge in [-0.3, -0.25) is 9.59 Å². The first-order chi connectivity index (χ1) is 18.2. The van der Waals surface area contributed by atoms with Gasteiger partial charge in [-0.1, -0.05) is 93.6 Å². The second-order valence-corrected chi connectivity index (χ2v) is 11.7. The molecule has 1 unspecified atom stereocenters. The predicted molar refractivity (Wildman–Crippen MR) is 155 cm³/mol. The Balaban J connectivity index is 1.40. The summed E-state index contributed by atoms with van der Waals surface area (Å²) in [7, 11) is 0. The van der Waals surface area contributed by atoms with Gasteiger partial charge >= 0.3 is 0 Å². The highest BCUT2D eigenvalue weighted by molar-refractivity contribution is 5.94. The van der Waals surface area contributed by atoms with Crippen LogP contribution in [0, 0.1) is 5.92 Å². The van der Waals surface area contributed by atoms with Gasteiger partial charge in [0, 0.05) is 31.6 Å². The van der Waals surface area contributed by atoms with Gasteiger partial charge in [0.15, 0.2) is 0 Å². The number of nitrogens with zero attached hydrogens (tertiary/aromatic N) is 2. The topological polar surface area (TPSA) is 40.6 Å². The first-order valence-electron chi connectivity index (χ1n) is 14.0. The summed E-state index contributed by atoms with van der Waals surface area (Å²) in [6.45, 7) is 10.6. The molecule has 1 aliphatic rings. The fourth-order valence-electron chi connectivity index (χ4n) is 5.37. The van der Waals surface area contributed by atoms with Gasteiger partial charge in [0.2, 0.25) is 5.91 Å². The lowest BCUT2D eigenvalue weighted by Gasteiger charge is -2.34. The number of carbonyl (C=O) groups is 2. The molecule has 4 heteroatoms. The van der Waals surface area contributed by atoms with E-state index in [4.69, 9.17) is 0 Å². The van der Waals surface area contributed by atoms with Gasteiger partial charge in [-0.15, -0.1) is 0 Å². The van der Waals surface area contributed by atoms with Crippen molar-refractivity contribution in [3.8, 4) is 0 Å². The Kier molecular flexibility index (Phi) is 9.04. The summed E-state index contributed by atoms with van der Waals surface area (Å²) in [6, 6.07) is 28.5. The zero-order valence-corrected chi connectivity index (χ0v) is 23.4. The van der Waals surface area contributed by atoms with E-state index in [2.05, 4.69) is 58.0 Å². The Bertz CT molecular complexity index is 1170. The zero-order chi connectivity index (χ0) is 27.1. The molecule has 4 nitrogen and oxygen atoms in total. The molecule has 3 aromatic carbocycles. The molecule has 200 valence electrons. The summed E-state index contributed by atoms with van der Waals surface area (Å²) < 4.78 is 0. The molecular formula is C34H42N2O2. The maximum Gasteiger partial charge on any atom is 0.254 e. The minimum absolute atomic E-state index is 0.0273. The van der Waals surface area contributed by atoms with Crippen molar-refractivity contribution in [2.45, 2.75) is 64.8 Å². The van der Waals surface area contributed by atoms with Crippen molar-refractivity contribution >= 4 is 11.8 Å². The minimum Gasteiger partial charge on any atom is -0.343 e. The number of likely N-dealkylation sites (tertiary alicyclic amines) is 1. The summed E-state index contributed by atoms with van der Waals surface area (Å²) in [4.78, 5) is 30.8. The summed E-state index contributed by atoms with van der Waals surface area (Å²) in [5.41, 5.74) is 4.33. The minimum atomic E-state index is -0.129. The fraction of sp³-hybridized carbons (Fsp3) is 0.412. The van der Waals surface area contributed by atoms with Crippen molar-refractivity contribution in [3.05, 3.63) is 107 Å². The molecule has 0 saturated carbocycles. The van der Waals surface area contributed by atoms with Crippen LogP contribution in [0.15, 0.2) is 84.9 Å². The van der Waals surface area contributed by atoms with Gasteiger partial charge < -0.3 is 9.80 Å². The number of hydrogen-bond acceptors (Lipinski definition) is 2. The average Bonchev–Trinajstić information content (AvgIpc) is 2.94. The van der Waals surface area contributed by atoms with Gasteiger partial charge in [0.1, 0.15) is 0 Å². The Labute approximate surface area is 228 Å². The van der Waals surface area contributed by atoms with Crippen LogP contribution in [0.3, 0.4) is 0 Å². The summed E-state index contributed by atoms with van der Waals surface area (Å²) in [6.07, 6.45) is 3.48. The molecule has 38 heavy (non-hydrogen) atoms. The number of carbonyl (C=O) groups excluding carboxylic acids is 2. The fourth-order valence-corrected chi connectivity index (χ4v) is 5.37. The molecule has 1 atom stereocenters. The molecule has 4 rings (SSSR count). The number of rotatable bonds is 8. The summed E-state index contributed by atoms with van der Waals surface area (Å²) >= 11 is 0. The molecule has 0 N–H and O–H groups in total. The van der Waals surface area contributed by atoms with E-state index < -0.39 is 0 Å². The molecule has 0 aliphatic carbocycles. The summed E-state index contributed by atoms with van der Waals surface area (Å²) in [5, 5.41) is 0. The van der Waals surface area contributed by atoms with Crippen LogP contribution in [-0.2, 0) is 16.6 Å². The van der Waals surface area contributed by atoms with E-state index in [0.717, 1.165) is 37.9 Å². The third kappa shape index (κ3) is 7.12. The van der Waals surface area contributed by atoms with E-state index in [9.17, 15) is 9.59 Å². The Morgan fingerprint density at radius 2 is 1.45 bits per heavy atom. The molecule has 0 spiro atoms. The van der Waals surface area contributed by atoms with Gasteiger partial charge in [-0.25, -0.2) is 0 Å². The van der Waals surface area contributed by atoms with Crippen LogP contribution < -0.4 is 0 Å². The lowest BCUT2D eigenvalue weighted by Crippen LogP contribution is -2.41. The molecule has 3 aromatic rings. The predicted octanol–water partition coefficient (Wildman–Crippen LogP) is 7.06. The molecule has 0 bridgehead atoms. The first-order valence-corrected chi connectivity index (χ1v) is 14.0. The molecule has 1 aliphatic heterocycles. The normalized spacial score (nSPS) is 15.2. The Morgan fingerprint density at radius 3 is 2.03 bits per heavy atom. The van der Waals surface area contributed by atoms with Gasteiger partial charge in [0.25, 0.3) is 5.91 Å². The van der Waals surface area contributed by atoms with E-state index in [1.165, 1.54) is 11.1 Å². The number of amides is 2. The van der Waals surface area contributed by atoms with Crippen LogP contribution in [0.2, 0.25) is 0 Å². The van der Waals surface area contributed by atoms with Crippen molar-refractivity contribution in [2.75, 3.05) is 19.6 Å². The molecule has 0 radical (unpaired) electrons. The van der Waals surface area contributed by atoms with Crippen molar-refractivity contribution in [1.82, 2.24) is 9.80 Å². The smallest absolute Gasteiger partial charge is 0.254 e. The van der Waals surface area contributed by atoms with E-state index in [-0.39, 0.29) is 23.3 Å². The van der Waals surface area contributed by atoms with E-state index >= 15 is 0 Å². The highest BCUT2D eigenvalue weighted by atomic mass is 16.2. The number of hydrogen-bond donors (Lipinski definition) is 0. The zero-order valence-electron chi connectivity index (χ0n) is 23.4. The lowest BCUT2D eigenvalue weighted by molar-refractivity contribution is -0.132. The van der Waals surface area contributed by atoms with Crippen LogP contribution in [-0.4, -0.2) is 41.2 Å². The standard InChI is InChI=1S/C34H42N2O2/c1-26(29-13-9-6-10-14-29)36(33(38)30-15-17-31(18-16-30)34(2,3)4)24-21-32(37)35-22-19-28(20-23-35)25-27-11-7-5-8-12-27/h5-18,26,28H,19-25H2,1-4H3. The molecule has 1 fully saturated rings. The van der Waals surface area contributed by atoms with Crippen molar-refractivity contribution in [2.24, 2.45) is 5.92 Å². The van der Waals surface area contributed by atoms with Crippen LogP contribution in [0.1, 0.15) is 80.0 Å². The van der Waals surface area contributed by atoms with Crippen molar-refractivity contribution < 1.29 is 9.59 Å². The van der Waals surface area contributed by atoms with Crippen molar-refractivity contribution in [3.63, 3.8) is 0 Å². The van der Waals surface area contributed by atoms with Crippen LogP contribution >= 0.6 is 0 Å². The molecule has 1 heterocycles. The van der Waals surface area contributed by atoms with Crippen LogP contribution in [0.5, 0.6) is 0 Å². The molecule has 0 aromatic heterocycles. The van der Waals surface area contributed by atoms with Crippen LogP contribution in [0.4, 0.5) is 0 Å². The monoisotopic (exact) mass is 510 g/mol. The quantitative estimate of drug-likeness (QED) is 0.325. The molecular weight excluding hydrogens is 468 g/mol. The maximum absolute atomic E-state index is 13.7. The van der Waals surface area contributed by atoms with Gasteiger partial charge in [-0.2, -0.15) is 0 Å². The lowest BCUT2D eigenvalue weighted by atomic mass is 9.86. The maximum atomic E-state index is 13.7. The van der Waals surface area contributed by atoms with Gasteiger partial charge in [0.05, 0.1) is 6.04 Å². The summed E-state index contributed by atoms with van der Waals surface area (Å²) in [5.74, 6) is 0.731. The van der Waals surface area contributed by atoms with E-state index in [1.54, 1.807) is 0 Å². The first kappa shape index (κ1) is 27.6. The van der Waals surface area contributed by atoms with Crippen LogP contribution in [0.25, 0.3) is 0 Å². The number of benzene rings is 3. The van der Waals surface area contributed by atoms with Gasteiger partial charge in [-0.05, 0) is 66.3 Å². The third-order valence-corrected chi connectivity index (χ3v) is 7.91. The molecule has 2 amide bonds. The average molecular weight is 511 g/mol. The molecule has 1 saturated heterocycles. The Morgan fingerprint density at radius 1 is 0.868 bits per heavy atom. The SMILES string of the molecule is CC(c1ccccc1)N(CCC(=O)N1CCC(Cc2ccccc2)CC1)C(=O)c1ccc(C(C)(C)C)cc1. The third-order valence-electron chi connectivity index (χ3n) is 7.91. The van der Waals surface area contributed by atoms with Crippen molar-refractivity contribution in [1.29, 1.82) is 0 Å². The highest BCUT2D eigenvalue weighted by Gasteiger charge is 2.27. The highest BCUT2D eigenvalue weighted by Crippen LogP contribution is 2.27. The second-order valence-electron chi connectivity index (χ2n) is 11.7. The van der Waals surface area contributed by atoms with E-state index in [1.807, 2.05) is 64.4 Å². The Hall–Kier alpha value is -3.40. The number of piperidine rings is 1.